The first kappa shape index (κ1) is 11.0. The molecule has 1 saturated carbocycles. The Balaban J connectivity index is 1.68. The molecule has 3 aliphatic rings. The van der Waals surface area contributed by atoms with Crippen molar-refractivity contribution in [3.63, 3.8) is 0 Å². The van der Waals surface area contributed by atoms with Crippen LogP contribution in [-0.4, -0.2) is 49.8 Å². The molecule has 0 aromatic heterocycles. The summed E-state index contributed by atoms with van der Waals surface area (Å²) < 4.78 is 6.21. The standard InChI is InChI=1S/C13H24N2O/c1-15-7-4-13(5-8-15)12(10-11-2-3-11)14-6-9-16-13/h11-12,14H,2-10H2,1H3. The van der Waals surface area contributed by atoms with Gasteiger partial charge in [-0.3, -0.25) is 0 Å². The van der Waals surface area contributed by atoms with Crippen molar-refractivity contribution in [3.05, 3.63) is 0 Å². The van der Waals surface area contributed by atoms with Crippen LogP contribution >= 0.6 is 0 Å². The molecular weight excluding hydrogens is 200 g/mol. The minimum atomic E-state index is 0.174. The molecule has 2 aliphatic heterocycles. The maximum atomic E-state index is 6.21. The van der Waals surface area contributed by atoms with Crippen LogP contribution in [0.25, 0.3) is 0 Å². The van der Waals surface area contributed by atoms with E-state index in [1.54, 1.807) is 0 Å². The van der Waals surface area contributed by atoms with Gasteiger partial charge < -0.3 is 15.0 Å². The smallest absolute Gasteiger partial charge is 0.0859 e. The molecule has 0 aromatic rings. The van der Waals surface area contributed by atoms with E-state index in [0.29, 0.717) is 6.04 Å². The van der Waals surface area contributed by atoms with Crippen LogP contribution in [0.1, 0.15) is 32.1 Å². The van der Waals surface area contributed by atoms with E-state index in [-0.39, 0.29) is 5.60 Å². The Morgan fingerprint density at radius 2 is 2.06 bits per heavy atom. The molecule has 3 heteroatoms. The molecule has 1 N–H and O–H groups in total. The lowest BCUT2D eigenvalue weighted by molar-refractivity contribution is -0.128. The Hall–Kier alpha value is -0.120. The molecule has 0 amide bonds. The highest BCUT2D eigenvalue weighted by molar-refractivity contribution is 5.01. The fourth-order valence-corrected chi connectivity index (χ4v) is 3.25. The summed E-state index contributed by atoms with van der Waals surface area (Å²) in [5, 5.41) is 3.72. The van der Waals surface area contributed by atoms with E-state index in [9.17, 15) is 0 Å². The second-order valence-electron chi connectivity index (χ2n) is 5.90. The van der Waals surface area contributed by atoms with E-state index < -0.39 is 0 Å². The summed E-state index contributed by atoms with van der Waals surface area (Å²) in [5.74, 6) is 0.996. The first-order valence-corrected chi connectivity index (χ1v) is 6.84. The van der Waals surface area contributed by atoms with Crippen LogP contribution in [0.3, 0.4) is 0 Å². The van der Waals surface area contributed by atoms with Gasteiger partial charge in [-0.1, -0.05) is 12.8 Å². The number of hydrogen-bond donors (Lipinski definition) is 1. The average molecular weight is 224 g/mol. The van der Waals surface area contributed by atoms with Gasteiger partial charge in [0.15, 0.2) is 0 Å². The zero-order chi connectivity index (χ0) is 11.0. The lowest BCUT2D eigenvalue weighted by Gasteiger charge is -2.48. The molecule has 92 valence electrons. The largest absolute Gasteiger partial charge is 0.372 e. The highest BCUT2D eigenvalue weighted by Gasteiger charge is 2.45. The van der Waals surface area contributed by atoms with Gasteiger partial charge in [0.25, 0.3) is 0 Å². The van der Waals surface area contributed by atoms with Crippen molar-refractivity contribution in [3.8, 4) is 0 Å². The summed E-state index contributed by atoms with van der Waals surface area (Å²) in [7, 11) is 2.22. The molecule has 0 aromatic carbocycles. The highest BCUT2D eigenvalue weighted by atomic mass is 16.5. The van der Waals surface area contributed by atoms with Crippen LogP contribution in [0.15, 0.2) is 0 Å². The van der Waals surface area contributed by atoms with Gasteiger partial charge in [-0.15, -0.1) is 0 Å². The van der Waals surface area contributed by atoms with Gasteiger partial charge in [0.1, 0.15) is 0 Å². The number of likely N-dealkylation sites (tertiary alicyclic amines) is 1. The van der Waals surface area contributed by atoms with Crippen molar-refractivity contribution in [1.29, 1.82) is 0 Å². The number of ether oxygens (including phenoxy) is 1. The quantitative estimate of drug-likeness (QED) is 0.764. The number of rotatable bonds is 2. The van der Waals surface area contributed by atoms with Crippen LogP contribution in [0.5, 0.6) is 0 Å². The van der Waals surface area contributed by atoms with Crippen LogP contribution in [0.4, 0.5) is 0 Å². The van der Waals surface area contributed by atoms with Gasteiger partial charge in [0.05, 0.1) is 12.2 Å². The molecule has 3 fully saturated rings. The highest BCUT2D eigenvalue weighted by Crippen LogP contribution is 2.40. The topological polar surface area (TPSA) is 24.5 Å². The van der Waals surface area contributed by atoms with Gasteiger partial charge in [0, 0.05) is 25.7 Å². The van der Waals surface area contributed by atoms with Crippen LogP contribution in [0, 0.1) is 5.92 Å². The predicted molar refractivity (Wildman–Crippen MR) is 64.5 cm³/mol. The molecule has 16 heavy (non-hydrogen) atoms. The van der Waals surface area contributed by atoms with E-state index in [4.69, 9.17) is 4.74 Å². The van der Waals surface area contributed by atoms with Crippen LogP contribution in [-0.2, 0) is 4.74 Å². The maximum absolute atomic E-state index is 6.21. The lowest BCUT2D eigenvalue weighted by atomic mass is 9.80. The monoisotopic (exact) mass is 224 g/mol. The summed E-state index contributed by atoms with van der Waals surface area (Å²) in [5.41, 5.74) is 0.174. The predicted octanol–water partition coefficient (Wildman–Crippen LogP) is 1.24. The normalized spacial score (nSPS) is 35.4. The van der Waals surface area contributed by atoms with Crippen molar-refractivity contribution in [2.45, 2.75) is 43.7 Å². The van der Waals surface area contributed by atoms with E-state index in [1.807, 2.05) is 0 Å². The molecule has 2 saturated heterocycles. The van der Waals surface area contributed by atoms with Crippen molar-refractivity contribution in [2.24, 2.45) is 5.92 Å². The number of nitrogens with zero attached hydrogens (tertiary/aromatic N) is 1. The number of morpholine rings is 1. The van der Waals surface area contributed by atoms with E-state index in [2.05, 4.69) is 17.3 Å². The molecule has 3 nitrogen and oxygen atoms in total. The molecule has 3 rings (SSSR count). The Morgan fingerprint density at radius 1 is 1.31 bits per heavy atom. The molecular formula is C13H24N2O. The first-order chi connectivity index (χ1) is 7.78. The summed E-state index contributed by atoms with van der Waals surface area (Å²) in [6.45, 7) is 4.35. The summed E-state index contributed by atoms with van der Waals surface area (Å²) in [6, 6.07) is 0.627. The minimum absolute atomic E-state index is 0.174. The second-order valence-corrected chi connectivity index (χ2v) is 5.90. The Bertz CT molecular complexity index is 244. The van der Waals surface area contributed by atoms with Gasteiger partial charge >= 0.3 is 0 Å². The number of piperidine rings is 1. The minimum Gasteiger partial charge on any atom is -0.372 e. The molecule has 1 unspecified atom stereocenters. The van der Waals surface area contributed by atoms with Crippen molar-refractivity contribution >= 4 is 0 Å². The molecule has 1 aliphatic carbocycles. The molecule has 0 bridgehead atoms. The summed E-state index contributed by atoms with van der Waals surface area (Å²) in [4.78, 5) is 2.43. The first-order valence-electron chi connectivity index (χ1n) is 6.84. The fraction of sp³-hybridized carbons (Fsp3) is 1.00. The Morgan fingerprint density at radius 3 is 2.75 bits per heavy atom. The zero-order valence-electron chi connectivity index (χ0n) is 10.4. The average Bonchev–Trinajstić information content (AvgIpc) is 3.10. The van der Waals surface area contributed by atoms with Gasteiger partial charge in [-0.05, 0) is 32.2 Å². The van der Waals surface area contributed by atoms with Crippen molar-refractivity contribution in [1.82, 2.24) is 10.2 Å². The SMILES string of the molecule is CN1CCC2(CC1)OCCNC2CC1CC1. The van der Waals surface area contributed by atoms with E-state index in [0.717, 1.165) is 19.1 Å². The maximum Gasteiger partial charge on any atom is 0.0859 e. The van der Waals surface area contributed by atoms with Gasteiger partial charge in [0.2, 0.25) is 0 Å². The van der Waals surface area contributed by atoms with Crippen molar-refractivity contribution in [2.75, 3.05) is 33.3 Å². The summed E-state index contributed by atoms with van der Waals surface area (Å²) in [6.07, 6.45) is 6.69. The van der Waals surface area contributed by atoms with Crippen LogP contribution in [0.2, 0.25) is 0 Å². The third-order valence-corrected chi connectivity index (χ3v) is 4.62. The molecule has 1 spiro atoms. The van der Waals surface area contributed by atoms with E-state index in [1.165, 1.54) is 45.2 Å². The lowest BCUT2D eigenvalue weighted by Crippen LogP contribution is -2.61. The molecule has 0 radical (unpaired) electrons. The number of nitrogens with one attached hydrogen (secondary N) is 1. The third-order valence-electron chi connectivity index (χ3n) is 4.62. The Labute approximate surface area is 98.5 Å². The fourth-order valence-electron chi connectivity index (χ4n) is 3.25. The second kappa shape index (κ2) is 4.28. The molecule has 2 heterocycles. The zero-order valence-corrected chi connectivity index (χ0v) is 10.4. The van der Waals surface area contributed by atoms with Crippen molar-refractivity contribution < 1.29 is 4.74 Å². The molecule has 1 atom stereocenters. The Kier molecular flexibility index (Phi) is 2.94. The van der Waals surface area contributed by atoms with Gasteiger partial charge in [-0.2, -0.15) is 0 Å². The summed E-state index contributed by atoms with van der Waals surface area (Å²) >= 11 is 0. The number of hydrogen-bond acceptors (Lipinski definition) is 3. The van der Waals surface area contributed by atoms with E-state index >= 15 is 0 Å². The third kappa shape index (κ3) is 2.13. The van der Waals surface area contributed by atoms with Crippen LogP contribution < -0.4 is 5.32 Å². The van der Waals surface area contributed by atoms with Gasteiger partial charge in [-0.25, -0.2) is 0 Å².